The van der Waals surface area contributed by atoms with Crippen LogP contribution in [0.5, 0.6) is 5.75 Å². The number of likely N-dealkylation sites (tertiary alicyclic amines) is 1. The summed E-state index contributed by atoms with van der Waals surface area (Å²) < 4.78 is 6.35. The number of nitrogens with one attached hydrogen (secondary N) is 1. The summed E-state index contributed by atoms with van der Waals surface area (Å²) in [6.45, 7) is 6.20. The number of unbranched alkanes of at least 4 members (excludes halogenated alkanes) is 1. The average Bonchev–Trinajstić information content (AvgIpc) is 3.75. The van der Waals surface area contributed by atoms with Crippen molar-refractivity contribution in [3.63, 3.8) is 0 Å². The van der Waals surface area contributed by atoms with Crippen molar-refractivity contribution in [3.05, 3.63) is 59.8 Å². The van der Waals surface area contributed by atoms with Gasteiger partial charge in [-0.2, -0.15) is 0 Å². The second kappa shape index (κ2) is 12.1. The molecule has 196 valence electrons. The molecule has 1 aliphatic heterocycles. The summed E-state index contributed by atoms with van der Waals surface area (Å²) in [5.74, 6) is 1.80. The minimum Gasteiger partial charge on any atom is -0.493 e. The van der Waals surface area contributed by atoms with E-state index in [-0.39, 0.29) is 12.4 Å². The normalized spacial score (nSPS) is 16.7. The number of hydrogen-bond acceptors (Lipinski definition) is 6. The third-order valence-corrected chi connectivity index (χ3v) is 7.74. The number of pyridine rings is 1. The largest absolute Gasteiger partial charge is 0.493 e. The van der Waals surface area contributed by atoms with Crippen molar-refractivity contribution in [2.24, 2.45) is 11.8 Å². The Morgan fingerprint density at radius 2 is 1.89 bits per heavy atom. The van der Waals surface area contributed by atoms with E-state index in [0.717, 1.165) is 66.6 Å². The van der Waals surface area contributed by atoms with Crippen LogP contribution in [-0.4, -0.2) is 47.0 Å². The predicted molar refractivity (Wildman–Crippen MR) is 149 cm³/mol. The highest BCUT2D eigenvalue weighted by Crippen LogP contribution is 2.38. The molecular weight excluding hydrogens is 462 g/mol. The van der Waals surface area contributed by atoms with Crippen LogP contribution in [0.2, 0.25) is 0 Å². The number of ether oxygens (including phenoxy) is 1. The van der Waals surface area contributed by atoms with Crippen LogP contribution in [0.4, 0.5) is 11.4 Å². The molecule has 1 aliphatic carbocycles. The number of aliphatic hydroxyl groups is 1. The summed E-state index contributed by atoms with van der Waals surface area (Å²) in [5.41, 5.74) is 3.76. The Morgan fingerprint density at radius 3 is 2.59 bits per heavy atom. The lowest BCUT2D eigenvalue weighted by Gasteiger charge is -2.31. The maximum absolute atomic E-state index is 13.2. The van der Waals surface area contributed by atoms with Crippen LogP contribution in [0.3, 0.4) is 0 Å². The van der Waals surface area contributed by atoms with Gasteiger partial charge in [-0.1, -0.05) is 31.5 Å². The number of Topliss-reactive ketones (excluding diaryl/α,β-unsaturated/α-hetero) is 1. The second-order valence-electron chi connectivity index (χ2n) is 10.7. The van der Waals surface area contributed by atoms with Gasteiger partial charge in [0.25, 0.3) is 0 Å². The molecule has 0 bridgehead atoms. The van der Waals surface area contributed by atoms with Crippen LogP contribution >= 0.6 is 0 Å². The van der Waals surface area contributed by atoms with Crippen LogP contribution in [0.1, 0.15) is 67.8 Å². The van der Waals surface area contributed by atoms with E-state index in [0.29, 0.717) is 36.2 Å². The maximum Gasteiger partial charge on any atom is 0.166 e. The molecule has 2 aromatic carbocycles. The molecular formula is C31H39N3O3. The summed E-state index contributed by atoms with van der Waals surface area (Å²) in [4.78, 5) is 20.4. The first kappa shape index (κ1) is 25.7. The number of hydrogen-bond donors (Lipinski definition) is 2. The van der Waals surface area contributed by atoms with E-state index in [4.69, 9.17) is 4.74 Å². The molecule has 2 fully saturated rings. The number of nitrogens with zero attached hydrogens (tertiary/aromatic N) is 2. The van der Waals surface area contributed by atoms with Gasteiger partial charge in [-0.25, -0.2) is 0 Å². The summed E-state index contributed by atoms with van der Waals surface area (Å²) in [6.07, 6.45) is 9.27. The number of carbonyl (C=O) groups is 1. The van der Waals surface area contributed by atoms with Gasteiger partial charge in [0.05, 0.1) is 30.0 Å². The van der Waals surface area contributed by atoms with Crippen LogP contribution in [0.15, 0.2) is 48.7 Å². The summed E-state index contributed by atoms with van der Waals surface area (Å²) in [7, 11) is 0. The molecule has 2 heterocycles. The number of benzene rings is 2. The highest BCUT2D eigenvalue weighted by atomic mass is 16.5. The summed E-state index contributed by atoms with van der Waals surface area (Å²) >= 11 is 0. The number of para-hydroxylation sites is 1. The maximum atomic E-state index is 13.2. The number of piperidine rings is 1. The first-order valence-corrected chi connectivity index (χ1v) is 13.9. The van der Waals surface area contributed by atoms with E-state index in [2.05, 4.69) is 22.1 Å². The molecule has 0 spiro atoms. The van der Waals surface area contributed by atoms with Crippen LogP contribution < -0.4 is 10.1 Å². The van der Waals surface area contributed by atoms with Gasteiger partial charge in [-0.15, -0.1) is 0 Å². The van der Waals surface area contributed by atoms with E-state index in [1.165, 1.54) is 19.4 Å². The first-order chi connectivity index (χ1) is 18.1. The van der Waals surface area contributed by atoms with Gasteiger partial charge < -0.3 is 20.1 Å². The lowest BCUT2D eigenvalue weighted by Crippen LogP contribution is -2.36. The standard InChI is InChI=1S/C31H39N3O3/c1-2-3-13-34-14-11-23(12-15-34)21-37-30-18-26-28(17-24(30)20-35)32-19-27(29(36)16-22-9-10-22)31(26)33-25-7-5-4-6-8-25/h4-8,17-19,22-23,35H,2-3,9-16,20-21H2,1H3,(H,32,33). The van der Waals surface area contributed by atoms with E-state index in [1.807, 2.05) is 42.5 Å². The van der Waals surface area contributed by atoms with Crippen molar-refractivity contribution >= 4 is 28.1 Å². The molecule has 2 aliphatic rings. The summed E-state index contributed by atoms with van der Waals surface area (Å²) in [6, 6.07) is 13.8. The first-order valence-electron chi connectivity index (χ1n) is 13.9. The Kier molecular flexibility index (Phi) is 8.37. The molecule has 1 aromatic heterocycles. The van der Waals surface area contributed by atoms with E-state index in [9.17, 15) is 9.90 Å². The zero-order chi connectivity index (χ0) is 25.6. The van der Waals surface area contributed by atoms with Gasteiger partial charge in [0, 0.05) is 29.3 Å². The van der Waals surface area contributed by atoms with E-state index in [1.54, 1.807) is 6.20 Å². The highest BCUT2D eigenvalue weighted by molar-refractivity contribution is 6.09. The second-order valence-corrected chi connectivity index (χ2v) is 10.7. The number of ketones is 1. The molecule has 1 saturated heterocycles. The van der Waals surface area contributed by atoms with Crippen molar-refractivity contribution in [1.82, 2.24) is 9.88 Å². The number of aromatic nitrogens is 1. The fourth-order valence-corrected chi connectivity index (χ4v) is 5.19. The summed E-state index contributed by atoms with van der Waals surface area (Å²) in [5, 5.41) is 14.4. The Bertz CT molecular complexity index is 1200. The molecule has 2 N–H and O–H groups in total. The molecule has 1 saturated carbocycles. The lowest BCUT2D eigenvalue weighted by atomic mass is 9.97. The fourth-order valence-electron chi connectivity index (χ4n) is 5.19. The number of rotatable bonds is 12. The number of anilines is 2. The van der Waals surface area contributed by atoms with Crippen LogP contribution in [-0.2, 0) is 6.61 Å². The number of fused-ring (bicyclic) bond motifs is 1. The predicted octanol–water partition coefficient (Wildman–Crippen LogP) is 6.34. The van der Waals surface area contributed by atoms with Crippen molar-refractivity contribution < 1.29 is 14.6 Å². The van der Waals surface area contributed by atoms with Gasteiger partial charge in [0.1, 0.15) is 5.75 Å². The molecule has 6 nitrogen and oxygen atoms in total. The molecule has 3 aromatic rings. The zero-order valence-electron chi connectivity index (χ0n) is 21.9. The van der Waals surface area contributed by atoms with Crippen molar-refractivity contribution in [2.45, 2.75) is 58.5 Å². The van der Waals surface area contributed by atoms with Crippen molar-refractivity contribution in [1.29, 1.82) is 0 Å². The lowest BCUT2D eigenvalue weighted by molar-refractivity contribution is 0.0976. The minimum atomic E-state index is -0.119. The highest BCUT2D eigenvalue weighted by Gasteiger charge is 2.27. The van der Waals surface area contributed by atoms with Gasteiger partial charge in [0.2, 0.25) is 0 Å². The molecule has 6 heteroatoms. The van der Waals surface area contributed by atoms with Crippen LogP contribution in [0.25, 0.3) is 10.9 Å². The van der Waals surface area contributed by atoms with Gasteiger partial charge in [-0.3, -0.25) is 9.78 Å². The van der Waals surface area contributed by atoms with E-state index < -0.39 is 0 Å². The molecule has 0 atom stereocenters. The number of aliphatic hydroxyl groups excluding tert-OH is 1. The monoisotopic (exact) mass is 501 g/mol. The van der Waals surface area contributed by atoms with Gasteiger partial charge in [-0.05, 0) is 87.8 Å². The Hall–Kier alpha value is -2.96. The Morgan fingerprint density at radius 1 is 1.11 bits per heavy atom. The zero-order valence-corrected chi connectivity index (χ0v) is 21.9. The third-order valence-electron chi connectivity index (χ3n) is 7.74. The van der Waals surface area contributed by atoms with Gasteiger partial charge >= 0.3 is 0 Å². The third kappa shape index (κ3) is 6.49. The quantitative estimate of drug-likeness (QED) is 0.282. The minimum absolute atomic E-state index is 0.119. The molecule has 0 unspecified atom stereocenters. The average molecular weight is 502 g/mol. The molecule has 0 amide bonds. The fraction of sp³-hybridized carbons (Fsp3) is 0.484. The number of carbonyl (C=O) groups excluding carboxylic acids is 1. The van der Waals surface area contributed by atoms with Crippen molar-refractivity contribution in [2.75, 3.05) is 31.6 Å². The topological polar surface area (TPSA) is 74.7 Å². The molecule has 5 rings (SSSR count). The van der Waals surface area contributed by atoms with Crippen LogP contribution in [0, 0.1) is 11.8 Å². The van der Waals surface area contributed by atoms with Crippen molar-refractivity contribution in [3.8, 4) is 5.75 Å². The van der Waals surface area contributed by atoms with Gasteiger partial charge in [0.15, 0.2) is 5.78 Å². The molecule has 0 radical (unpaired) electrons. The Labute approximate surface area is 220 Å². The SMILES string of the molecule is CCCCN1CCC(COc2cc3c(Nc4ccccc4)c(C(=O)CC4CC4)cnc3cc2CO)CC1. The smallest absolute Gasteiger partial charge is 0.166 e. The van der Waals surface area contributed by atoms with E-state index >= 15 is 0 Å². The Balaban J connectivity index is 1.41. The molecule has 37 heavy (non-hydrogen) atoms.